The van der Waals surface area contributed by atoms with E-state index in [1.54, 1.807) is 30.8 Å². The molecule has 0 bridgehead atoms. The predicted molar refractivity (Wildman–Crippen MR) is 89.9 cm³/mol. The van der Waals surface area contributed by atoms with Crippen molar-refractivity contribution in [2.45, 2.75) is 12.6 Å². The van der Waals surface area contributed by atoms with Crippen LogP contribution in [-0.4, -0.2) is 58.8 Å². The van der Waals surface area contributed by atoms with E-state index >= 15 is 0 Å². The van der Waals surface area contributed by atoms with Gasteiger partial charge in [0.25, 0.3) is 5.56 Å². The van der Waals surface area contributed by atoms with Crippen LogP contribution in [0.25, 0.3) is 0 Å². The summed E-state index contributed by atoms with van der Waals surface area (Å²) in [5, 5.41) is 3.12. The molecule has 2 aromatic rings. The maximum absolute atomic E-state index is 12.1. The molecule has 0 amide bonds. The minimum atomic E-state index is -0.0922. The lowest BCUT2D eigenvalue weighted by molar-refractivity contribution is -0.0265. The number of anilines is 1. The van der Waals surface area contributed by atoms with Gasteiger partial charge in [-0.3, -0.25) is 9.69 Å². The molecule has 1 saturated heterocycles. The minimum absolute atomic E-state index is 0.0559. The molecule has 124 valence electrons. The average molecular weight is 335 g/mol. The van der Waals surface area contributed by atoms with Gasteiger partial charge in [0.2, 0.25) is 0 Å². The van der Waals surface area contributed by atoms with Gasteiger partial charge in [0.05, 0.1) is 19.3 Å². The molecule has 0 radical (unpaired) electrons. The minimum Gasteiger partial charge on any atom is -0.374 e. The summed E-state index contributed by atoms with van der Waals surface area (Å²) in [4.78, 5) is 24.9. The normalized spacial score (nSPS) is 19.0. The Morgan fingerprint density at radius 3 is 3.09 bits per heavy atom. The van der Waals surface area contributed by atoms with Gasteiger partial charge in [-0.15, -0.1) is 11.3 Å². The van der Waals surface area contributed by atoms with Crippen molar-refractivity contribution in [1.82, 2.24) is 19.4 Å². The Hall–Kier alpha value is -1.77. The fourth-order valence-corrected chi connectivity index (χ4v) is 3.35. The lowest BCUT2D eigenvalue weighted by Crippen LogP contribution is -2.47. The quantitative estimate of drug-likeness (QED) is 0.796. The third kappa shape index (κ3) is 3.95. The van der Waals surface area contributed by atoms with E-state index < -0.39 is 0 Å². The van der Waals surface area contributed by atoms with E-state index in [1.165, 1.54) is 4.57 Å². The first kappa shape index (κ1) is 16.1. The molecule has 7 nitrogen and oxygen atoms in total. The summed E-state index contributed by atoms with van der Waals surface area (Å²) in [6.07, 6.45) is 5.19. The molecule has 8 heteroatoms. The van der Waals surface area contributed by atoms with Crippen LogP contribution < -0.4 is 10.5 Å². The molecule has 1 fully saturated rings. The van der Waals surface area contributed by atoms with Crippen LogP contribution in [0.5, 0.6) is 0 Å². The lowest BCUT2D eigenvalue weighted by Gasteiger charge is -2.34. The van der Waals surface area contributed by atoms with E-state index in [2.05, 4.69) is 14.9 Å². The standard InChI is InChI=1S/C15H21N5O2S/c1-18-5-3-17-14(15(18)21)19(2)9-12-10-20(6-7-22-12)11-13-16-4-8-23-13/h3-5,8,12H,6-7,9-11H2,1-2H3/t12-/m0/s1. The Kier molecular flexibility index (Phi) is 5.04. The molecule has 0 aliphatic carbocycles. The number of hydrogen-bond donors (Lipinski definition) is 0. The van der Waals surface area contributed by atoms with Gasteiger partial charge in [0, 0.05) is 57.7 Å². The van der Waals surface area contributed by atoms with Crippen molar-refractivity contribution in [1.29, 1.82) is 0 Å². The van der Waals surface area contributed by atoms with Crippen molar-refractivity contribution in [3.05, 3.63) is 39.3 Å². The summed E-state index contributed by atoms with van der Waals surface area (Å²) in [5.74, 6) is 0.454. The largest absolute Gasteiger partial charge is 0.374 e. The zero-order valence-electron chi connectivity index (χ0n) is 13.4. The zero-order valence-corrected chi connectivity index (χ0v) is 14.2. The lowest BCUT2D eigenvalue weighted by atomic mass is 10.2. The van der Waals surface area contributed by atoms with Crippen LogP contribution in [0.2, 0.25) is 0 Å². The number of ether oxygens (including phenoxy) is 1. The van der Waals surface area contributed by atoms with E-state index in [-0.39, 0.29) is 11.7 Å². The molecular formula is C15H21N5O2S. The number of thiazole rings is 1. The topological polar surface area (TPSA) is 63.5 Å². The number of hydrogen-bond acceptors (Lipinski definition) is 7. The van der Waals surface area contributed by atoms with Crippen molar-refractivity contribution in [3.63, 3.8) is 0 Å². The maximum Gasteiger partial charge on any atom is 0.293 e. The van der Waals surface area contributed by atoms with Crippen LogP contribution >= 0.6 is 11.3 Å². The maximum atomic E-state index is 12.1. The van der Waals surface area contributed by atoms with E-state index in [0.717, 1.165) is 24.6 Å². The Balaban J connectivity index is 1.60. The van der Waals surface area contributed by atoms with Crippen molar-refractivity contribution < 1.29 is 4.74 Å². The Morgan fingerprint density at radius 2 is 2.30 bits per heavy atom. The first-order valence-corrected chi connectivity index (χ1v) is 8.46. The Labute approximate surface area is 139 Å². The molecule has 23 heavy (non-hydrogen) atoms. The Morgan fingerprint density at radius 1 is 1.43 bits per heavy atom. The smallest absolute Gasteiger partial charge is 0.293 e. The predicted octanol–water partition coefficient (Wildman–Crippen LogP) is 0.574. The number of morpholine rings is 1. The van der Waals surface area contributed by atoms with Crippen LogP contribution in [0.1, 0.15) is 5.01 Å². The third-order valence-electron chi connectivity index (χ3n) is 3.90. The van der Waals surface area contributed by atoms with E-state index in [0.29, 0.717) is 19.0 Å². The van der Waals surface area contributed by atoms with Crippen LogP contribution in [0, 0.1) is 0 Å². The van der Waals surface area contributed by atoms with Crippen molar-refractivity contribution in [2.24, 2.45) is 7.05 Å². The highest BCUT2D eigenvalue weighted by Crippen LogP contribution is 2.13. The highest BCUT2D eigenvalue weighted by atomic mass is 32.1. The molecule has 0 aromatic carbocycles. The fourth-order valence-electron chi connectivity index (χ4n) is 2.70. The van der Waals surface area contributed by atoms with Gasteiger partial charge in [0.15, 0.2) is 5.82 Å². The van der Waals surface area contributed by atoms with Gasteiger partial charge >= 0.3 is 0 Å². The summed E-state index contributed by atoms with van der Waals surface area (Å²) in [6.45, 7) is 3.93. The second-order valence-electron chi connectivity index (χ2n) is 5.70. The molecule has 0 spiro atoms. The molecular weight excluding hydrogens is 314 g/mol. The van der Waals surface area contributed by atoms with Crippen LogP contribution in [0.3, 0.4) is 0 Å². The summed E-state index contributed by atoms with van der Waals surface area (Å²) in [7, 11) is 3.61. The first-order chi connectivity index (χ1) is 11.1. The molecule has 0 saturated carbocycles. The van der Waals surface area contributed by atoms with E-state index in [1.807, 2.05) is 23.5 Å². The SMILES string of the molecule is CN(C[C@H]1CN(Cc2nccs2)CCO1)c1nccn(C)c1=O. The van der Waals surface area contributed by atoms with Crippen molar-refractivity contribution >= 4 is 17.2 Å². The molecule has 1 atom stereocenters. The summed E-state index contributed by atoms with van der Waals surface area (Å²) in [5.41, 5.74) is -0.0922. The molecule has 0 N–H and O–H groups in total. The number of aromatic nitrogens is 3. The van der Waals surface area contributed by atoms with Crippen LogP contribution in [0.15, 0.2) is 28.8 Å². The van der Waals surface area contributed by atoms with Crippen molar-refractivity contribution in [2.75, 3.05) is 38.2 Å². The number of nitrogens with zero attached hydrogens (tertiary/aromatic N) is 5. The summed E-state index contributed by atoms with van der Waals surface area (Å²) in [6, 6.07) is 0. The highest BCUT2D eigenvalue weighted by molar-refractivity contribution is 7.09. The fraction of sp³-hybridized carbons (Fsp3) is 0.533. The summed E-state index contributed by atoms with van der Waals surface area (Å²) < 4.78 is 7.39. The molecule has 2 aromatic heterocycles. The molecule has 1 aliphatic rings. The molecule has 1 aliphatic heterocycles. The van der Waals surface area contributed by atoms with Gasteiger partial charge in [0.1, 0.15) is 5.01 Å². The van der Waals surface area contributed by atoms with Crippen LogP contribution in [0.4, 0.5) is 5.82 Å². The Bertz CT molecular complexity index is 687. The first-order valence-electron chi connectivity index (χ1n) is 7.58. The van der Waals surface area contributed by atoms with Crippen molar-refractivity contribution in [3.8, 4) is 0 Å². The van der Waals surface area contributed by atoms with Crippen LogP contribution in [-0.2, 0) is 18.3 Å². The second-order valence-corrected chi connectivity index (χ2v) is 6.68. The molecule has 3 rings (SSSR count). The number of likely N-dealkylation sites (N-methyl/N-ethyl adjacent to an activating group) is 1. The number of aryl methyl sites for hydroxylation is 1. The monoisotopic (exact) mass is 335 g/mol. The molecule has 0 unspecified atom stereocenters. The third-order valence-corrected chi connectivity index (χ3v) is 4.67. The van der Waals surface area contributed by atoms with Gasteiger partial charge in [-0.1, -0.05) is 0 Å². The average Bonchev–Trinajstić information content (AvgIpc) is 3.03. The van der Waals surface area contributed by atoms with Gasteiger partial charge < -0.3 is 14.2 Å². The molecule has 3 heterocycles. The van der Waals surface area contributed by atoms with Gasteiger partial charge in [-0.2, -0.15) is 0 Å². The second kappa shape index (κ2) is 7.20. The van der Waals surface area contributed by atoms with Gasteiger partial charge in [-0.05, 0) is 0 Å². The van der Waals surface area contributed by atoms with E-state index in [9.17, 15) is 4.79 Å². The van der Waals surface area contributed by atoms with Gasteiger partial charge in [-0.25, -0.2) is 9.97 Å². The van der Waals surface area contributed by atoms with E-state index in [4.69, 9.17) is 4.74 Å². The highest BCUT2D eigenvalue weighted by Gasteiger charge is 2.23. The number of rotatable bonds is 5. The summed E-state index contributed by atoms with van der Waals surface area (Å²) >= 11 is 1.67. The zero-order chi connectivity index (χ0) is 16.2.